The lowest BCUT2D eigenvalue weighted by molar-refractivity contribution is -0.159. The zero-order valence-corrected chi connectivity index (χ0v) is 28.8. The van der Waals surface area contributed by atoms with Gasteiger partial charge in [-0.3, -0.25) is 9.80 Å². The first-order valence-electron chi connectivity index (χ1n) is 16.0. The number of hydrogen-bond acceptors (Lipinski definition) is 9. The third-order valence-electron chi connectivity index (χ3n) is 8.22. The number of nitrogens with zero attached hydrogens (tertiary/aromatic N) is 2. The molecule has 6 rings (SSSR count). The number of carbonyl (C=O) groups is 4. The highest BCUT2D eigenvalue weighted by molar-refractivity contribution is 7.22. The zero-order valence-electron chi connectivity index (χ0n) is 27.2. The fourth-order valence-electron chi connectivity index (χ4n) is 5.76. The highest BCUT2D eigenvalue weighted by atomic mass is 35.5. The molecule has 2 saturated heterocycles. The van der Waals surface area contributed by atoms with Crippen molar-refractivity contribution in [2.45, 2.75) is 38.6 Å². The Bertz CT molecular complexity index is 1750. The Morgan fingerprint density at radius 2 is 1.32 bits per heavy atom. The predicted molar refractivity (Wildman–Crippen MR) is 189 cm³/mol. The smallest absolute Gasteiger partial charge is 0.414 e. The maximum atomic E-state index is 10.1. The molecule has 4 aromatic rings. The van der Waals surface area contributed by atoms with E-state index in [0.29, 0.717) is 5.75 Å². The number of carboxylic acids is 4. The molecule has 0 radical (unpaired) electrons. The number of phenolic OH excluding ortho intramolecular Hbond substituents is 1. The molecule has 0 saturated carbocycles. The third-order valence-corrected chi connectivity index (χ3v) is 9.82. The van der Waals surface area contributed by atoms with E-state index in [1.165, 1.54) is 71.3 Å². The number of rotatable bonds is 9. The van der Waals surface area contributed by atoms with Gasteiger partial charge in [0.1, 0.15) is 18.1 Å². The Morgan fingerprint density at radius 3 is 1.88 bits per heavy atom. The van der Waals surface area contributed by atoms with Crippen molar-refractivity contribution in [2.24, 2.45) is 0 Å². The highest BCUT2D eigenvalue weighted by Crippen LogP contribution is 2.41. The Balaban J connectivity index is 0.000000404. The molecule has 12 nitrogen and oxygen atoms in total. The van der Waals surface area contributed by atoms with Crippen molar-refractivity contribution >= 4 is 56.9 Å². The summed E-state index contributed by atoms with van der Waals surface area (Å²) < 4.78 is 7.14. The maximum absolute atomic E-state index is 10.1. The molecule has 0 bridgehead atoms. The van der Waals surface area contributed by atoms with Crippen LogP contribution < -0.4 is 4.74 Å². The Hall–Kier alpha value is -4.69. The second-order valence-electron chi connectivity index (χ2n) is 11.8. The van der Waals surface area contributed by atoms with Crippen molar-refractivity contribution < 1.29 is 49.4 Å². The minimum Gasteiger partial charge on any atom is -0.508 e. The van der Waals surface area contributed by atoms with E-state index in [9.17, 15) is 5.11 Å². The van der Waals surface area contributed by atoms with E-state index in [4.69, 9.17) is 55.9 Å². The van der Waals surface area contributed by atoms with Crippen molar-refractivity contribution in [3.05, 3.63) is 82.4 Å². The third kappa shape index (κ3) is 11.2. The summed E-state index contributed by atoms with van der Waals surface area (Å²) in [5.41, 5.74) is 4.86. The second kappa shape index (κ2) is 18.3. The number of fused-ring (bicyclic) bond motifs is 1. The Kier molecular flexibility index (Phi) is 14.0. The van der Waals surface area contributed by atoms with Crippen LogP contribution >= 0.6 is 22.9 Å². The largest absolute Gasteiger partial charge is 0.508 e. The molecule has 50 heavy (non-hydrogen) atoms. The zero-order chi connectivity index (χ0) is 36.2. The Labute approximate surface area is 297 Å². The number of halogens is 1. The van der Waals surface area contributed by atoms with Gasteiger partial charge in [-0.05, 0) is 134 Å². The second-order valence-corrected chi connectivity index (χ2v) is 13.3. The van der Waals surface area contributed by atoms with Gasteiger partial charge in [0.05, 0.1) is 0 Å². The number of thiophene rings is 1. The first-order valence-corrected chi connectivity index (χ1v) is 17.2. The molecule has 1 aromatic heterocycles. The van der Waals surface area contributed by atoms with Crippen LogP contribution in [0.15, 0.2) is 60.7 Å². The SMILES string of the molecule is O=C(O)C(=O)O.O=C(O)C(=O)O.Oc1ccc2c(Cc3ccc(CN4CCCC4)c(Cl)c3)c(-c3ccc(OCCN4CCCC4)cc3)sc2c1. The summed E-state index contributed by atoms with van der Waals surface area (Å²) in [7, 11) is 0. The van der Waals surface area contributed by atoms with E-state index in [-0.39, 0.29) is 0 Å². The molecule has 3 heterocycles. The minimum absolute atomic E-state index is 0.299. The predicted octanol–water partition coefficient (Wildman–Crippen LogP) is 5.90. The Morgan fingerprint density at radius 1 is 0.740 bits per heavy atom. The van der Waals surface area contributed by atoms with Gasteiger partial charge in [-0.25, -0.2) is 19.2 Å². The number of aromatic hydroxyl groups is 1. The minimum atomic E-state index is -1.82. The molecule has 0 atom stereocenters. The molecular formula is C36H39ClN2O10S. The number of phenols is 1. The van der Waals surface area contributed by atoms with Gasteiger partial charge in [-0.15, -0.1) is 11.3 Å². The molecule has 3 aromatic carbocycles. The summed E-state index contributed by atoms with van der Waals surface area (Å²) in [6.45, 7) is 7.36. The van der Waals surface area contributed by atoms with Gasteiger partial charge >= 0.3 is 23.9 Å². The molecule has 0 aliphatic carbocycles. The number of carboxylic acid groups (broad SMARTS) is 4. The normalized spacial score (nSPS) is 14.3. The molecule has 2 aliphatic heterocycles. The van der Waals surface area contributed by atoms with Gasteiger partial charge in [-0.2, -0.15) is 0 Å². The molecule has 0 amide bonds. The van der Waals surface area contributed by atoms with Crippen LogP contribution in [-0.4, -0.2) is 98.5 Å². The average Bonchev–Trinajstić information content (AvgIpc) is 3.86. The van der Waals surface area contributed by atoms with Gasteiger partial charge in [0.25, 0.3) is 0 Å². The summed E-state index contributed by atoms with van der Waals surface area (Å²) in [6.07, 6.45) is 5.96. The van der Waals surface area contributed by atoms with Crippen molar-refractivity contribution in [2.75, 3.05) is 39.3 Å². The number of aliphatic carboxylic acids is 4. The lowest BCUT2D eigenvalue weighted by atomic mass is 9.98. The molecule has 14 heteroatoms. The monoisotopic (exact) mass is 726 g/mol. The summed E-state index contributed by atoms with van der Waals surface area (Å²) in [4.78, 5) is 42.6. The van der Waals surface area contributed by atoms with Crippen molar-refractivity contribution in [3.8, 4) is 21.9 Å². The number of benzene rings is 3. The van der Waals surface area contributed by atoms with Crippen LogP contribution in [0.25, 0.3) is 20.5 Å². The van der Waals surface area contributed by atoms with E-state index in [1.807, 2.05) is 12.1 Å². The van der Waals surface area contributed by atoms with Crippen molar-refractivity contribution in [1.82, 2.24) is 9.80 Å². The number of likely N-dealkylation sites (tertiary alicyclic amines) is 2. The van der Waals surface area contributed by atoms with Gasteiger partial charge in [0, 0.05) is 27.7 Å². The lowest BCUT2D eigenvalue weighted by Crippen LogP contribution is -2.25. The van der Waals surface area contributed by atoms with Crippen LogP contribution in [0, 0.1) is 0 Å². The van der Waals surface area contributed by atoms with Crippen LogP contribution in [0.3, 0.4) is 0 Å². The van der Waals surface area contributed by atoms with Crippen molar-refractivity contribution in [3.63, 3.8) is 0 Å². The van der Waals surface area contributed by atoms with Crippen LogP contribution in [0.1, 0.15) is 42.4 Å². The molecule has 2 fully saturated rings. The fraction of sp³-hybridized carbons (Fsp3) is 0.333. The van der Waals surface area contributed by atoms with Gasteiger partial charge in [0.15, 0.2) is 0 Å². The lowest BCUT2D eigenvalue weighted by Gasteiger charge is -2.16. The van der Waals surface area contributed by atoms with E-state index in [2.05, 4.69) is 52.3 Å². The topological polar surface area (TPSA) is 185 Å². The quantitative estimate of drug-likeness (QED) is 0.129. The van der Waals surface area contributed by atoms with Gasteiger partial charge in [-0.1, -0.05) is 23.7 Å². The molecule has 5 N–H and O–H groups in total. The standard InChI is InChI=1S/C32H35ClN2O2S.2C2H2O4/c33-30-20-23(5-6-25(30)22-35-15-3-4-16-35)19-29-28-12-9-26(36)21-31(28)38-32(29)24-7-10-27(11-8-24)37-18-17-34-13-1-2-14-34;2*3-1(4)2(5)6/h5-12,20-21,36H,1-4,13-19,22H2;2*(H,3,4)(H,5,6). The van der Waals surface area contributed by atoms with E-state index in [0.717, 1.165) is 54.7 Å². The van der Waals surface area contributed by atoms with Crippen LogP contribution in [0.4, 0.5) is 0 Å². The van der Waals surface area contributed by atoms with E-state index >= 15 is 0 Å². The van der Waals surface area contributed by atoms with Gasteiger partial charge in [0.2, 0.25) is 0 Å². The molecular weight excluding hydrogens is 688 g/mol. The molecule has 0 spiro atoms. The number of hydrogen-bond donors (Lipinski definition) is 5. The van der Waals surface area contributed by atoms with Crippen LogP contribution in [-0.2, 0) is 32.1 Å². The fourth-order valence-corrected chi connectivity index (χ4v) is 7.29. The average molecular weight is 727 g/mol. The maximum Gasteiger partial charge on any atom is 0.414 e. The van der Waals surface area contributed by atoms with Crippen LogP contribution in [0.2, 0.25) is 5.02 Å². The first kappa shape index (κ1) is 38.1. The molecule has 0 unspecified atom stereocenters. The number of ether oxygens (including phenoxy) is 1. The van der Waals surface area contributed by atoms with E-state index in [1.54, 1.807) is 17.4 Å². The van der Waals surface area contributed by atoms with Crippen molar-refractivity contribution in [1.29, 1.82) is 0 Å². The summed E-state index contributed by atoms with van der Waals surface area (Å²) >= 11 is 8.50. The van der Waals surface area contributed by atoms with Gasteiger partial charge < -0.3 is 30.3 Å². The summed E-state index contributed by atoms with van der Waals surface area (Å²) in [6, 6.07) is 20.7. The molecule has 2 aliphatic rings. The van der Waals surface area contributed by atoms with Crippen LogP contribution in [0.5, 0.6) is 11.5 Å². The summed E-state index contributed by atoms with van der Waals surface area (Å²) in [5, 5.41) is 41.7. The van der Waals surface area contributed by atoms with E-state index < -0.39 is 23.9 Å². The molecule has 266 valence electrons. The summed E-state index contributed by atoms with van der Waals surface area (Å²) in [5.74, 6) is -6.09. The first-order chi connectivity index (χ1) is 23.9. The highest BCUT2D eigenvalue weighted by Gasteiger charge is 2.18.